The molecule has 3 aromatic rings. The van der Waals surface area contributed by atoms with Gasteiger partial charge in [-0.3, -0.25) is 14.6 Å². The molecular weight excluding hydrogens is 377 g/mol. The van der Waals surface area contributed by atoms with Crippen LogP contribution in [-0.2, 0) is 4.74 Å². The second kappa shape index (κ2) is 8.34. The number of amides is 1. The first-order chi connectivity index (χ1) is 13.6. The second-order valence-corrected chi connectivity index (χ2v) is 7.85. The number of halogens is 1. The Hall–Kier alpha value is -2.35. The van der Waals surface area contributed by atoms with Gasteiger partial charge in [0.25, 0.3) is 5.91 Å². The molecule has 0 atom stereocenters. The number of thiazole rings is 1. The van der Waals surface area contributed by atoms with Crippen LogP contribution in [0.15, 0.2) is 42.5 Å². The van der Waals surface area contributed by atoms with E-state index in [9.17, 15) is 9.18 Å². The molecule has 1 saturated heterocycles. The van der Waals surface area contributed by atoms with Crippen molar-refractivity contribution in [3.8, 4) is 0 Å². The number of rotatable bonds is 5. The van der Waals surface area contributed by atoms with Crippen LogP contribution >= 0.6 is 11.3 Å². The Morgan fingerprint density at radius 3 is 2.79 bits per heavy atom. The monoisotopic (exact) mass is 399 g/mol. The first-order valence-corrected chi connectivity index (χ1v) is 10.2. The first-order valence-electron chi connectivity index (χ1n) is 9.35. The molecule has 0 aliphatic carbocycles. The number of anilines is 1. The molecule has 0 saturated carbocycles. The number of aromatic nitrogens is 1. The quantitative estimate of drug-likeness (QED) is 0.656. The lowest BCUT2D eigenvalue weighted by atomic mass is 10.2. The highest BCUT2D eigenvalue weighted by molar-refractivity contribution is 7.22. The predicted octanol–water partition coefficient (Wildman–Crippen LogP) is 3.72. The molecule has 0 spiro atoms. The minimum Gasteiger partial charge on any atom is -0.379 e. The van der Waals surface area contributed by atoms with Crippen molar-refractivity contribution in [3.05, 3.63) is 59.4 Å². The van der Waals surface area contributed by atoms with Crippen LogP contribution < -0.4 is 4.90 Å². The Labute approximate surface area is 167 Å². The molecule has 1 aliphatic heterocycles. The van der Waals surface area contributed by atoms with E-state index < -0.39 is 5.82 Å². The number of carbonyl (C=O) groups is 1. The largest absolute Gasteiger partial charge is 0.379 e. The van der Waals surface area contributed by atoms with Crippen molar-refractivity contribution in [2.24, 2.45) is 0 Å². The molecule has 146 valence electrons. The smallest absolute Gasteiger partial charge is 0.260 e. The SMILES string of the molecule is Cc1cccc2sc(N(CCN3CCOCC3)C(=O)c3cccc(F)c3)nc12. The van der Waals surface area contributed by atoms with Crippen molar-refractivity contribution < 1.29 is 13.9 Å². The zero-order chi connectivity index (χ0) is 19.5. The number of ether oxygens (including phenoxy) is 1. The van der Waals surface area contributed by atoms with Crippen LogP contribution in [0.1, 0.15) is 15.9 Å². The number of benzene rings is 2. The van der Waals surface area contributed by atoms with Crippen LogP contribution in [0.4, 0.5) is 9.52 Å². The van der Waals surface area contributed by atoms with Gasteiger partial charge in [0.2, 0.25) is 0 Å². The number of aryl methyl sites for hydroxylation is 1. The molecule has 2 heterocycles. The zero-order valence-corrected chi connectivity index (χ0v) is 16.5. The van der Waals surface area contributed by atoms with Crippen molar-refractivity contribution in [2.75, 3.05) is 44.3 Å². The van der Waals surface area contributed by atoms with Gasteiger partial charge in [0.1, 0.15) is 5.82 Å². The number of fused-ring (bicyclic) bond motifs is 1. The summed E-state index contributed by atoms with van der Waals surface area (Å²) < 4.78 is 20.1. The number of morpholine rings is 1. The lowest BCUT2D eigenvalue weighted by molar-refractivity contribution is 0.0391. The van der Waals surface area contributed by atoms with Gasteiger partial charge in [-0.2, -0.15) is 0 Å². The van der Waals surface area contributed by atoms with E-state index in [-0.39, 0.29) is 5.91 Å². The number of nitrogens with zero attached hydrogens (tertiary/aromatic N) is 3. The Morgan fingerprint density at radius 2 is 2.04 bits per heavy atom. The molecule has 4 rings (SSSR count). The van der Waals surface area contributed by atoms with Crippen LogP contribution in [0.25, 0.3) is 10.2 Å². The maximum Gasteiger partial charge on any atom is 0.260 e. The molecule has 0 radical (unpaired) electrons. The molecule has 0 bridgehead atoms. The lowest BCUT2D eigenvalue weighted by Crippen LogP contribution is -2.43. The van der Waals surface area contributed by atoms with Crippen LogP contribution in [-0.4, -0.2) is 55.2 Å². The topological polar surface area (TPSA) is 45.7 Å². The molecule has 0 N–H and O–H groups in total. The Bertz CT molecular complexity index is 985. The van der Waals surface area contributed by atoms with E-state index in [1.165, 1.54) is 23.5 Å². The molecule has 28 heavy (non-hydrogen) atoms. The average molecular weight is 399 g/mol. The molecule has 1 fully saturated rings. The van der Waals surface area contributed by atoms with Gasteiger partial charge < -0.3 is 4.74 Å². The summed E-state index contributed by atoms with van der Waals surface area (Å²) in [6.07, 6.45) is 0. The normalized spacial score (nSPS) is 15.1. The zero-order valence-electron chi connectivity index (χ0n) is 15.7. The summed E-state index contributed by atoms with van der Waals surface area (Å²) in [5, 5.41) is 0.645. The van der Waals surface area contributed by atoms with E-state index in [4.69, 9.17) is 9.72 Å². The third-order valence-electron chi connectivity index (χ3n) is 4.90. The Kier molecular flexibility index (Phi) is 5.66. The molecule has 0 unspecified atom stereocenters. The third-order valence-corrected chi connectivity index (χ3v) is 5.94. The summed E-state index contributed by atoms with van der Waals surface area (Å²) >= 11 is 1.49. The van der Waals surface area contributed by atoms with Gasteiger partial charge >= 0.3 is 0 Å². The van der Waals surface area contributed by atoms with Gasteiger partial charge in [-0.1, -0.05) is 29.5 Å². The van der Waals surface area contributed by atoms with E-state index in [0.717, 1.165) is 35.4 Å². The molecule has 5 nitrogen and oxygen atoms in total. The standard InChI is InChI=1S/C21H22FN3O2S/c1-15-4-2-7-18-19(15)23-21(28-18)25(9-8-24-10-12-27-13-11-24)20(26)16-5-3-6-17(22)14-16/h2-7,14H,8-13H2,1H3. The van der Waals surface area contributed by atoms with Crippen molar-refractivity contribution in [1.29, 1.82) is 0 Å². The summed E-state index contributed by atoms with van der Waals surface area (Å²) in [6, 6.07) is 11.8. The molecule has 1 amide bonds. The maximum absolute atomic E-state index is 13.7. The molecular formula is C21H22FN3O2S. The number of hydrogen-bond donors (Lipinski definition) is 0. The van der Waals surface area contributed by atoms with Crippen molar-refractivity contribution in [2.45, 2.75) is 6.92 Å². The van der Waals surface area contributed by atoms with E-state index >= 15 is 0 Å². The summed E-state index contributed by atoms with van der Waals surface area (Å²) in [6.45, 7) is 6.34. The van der Waals surface area contributed by atoms with Gasteiger partial charge in [0.15, 0.2) is 5.13 Å². The van der Waals surface area contributed by atoms with Crippen molar-refractivity contribution in [3.63, 3.8) is 0 Å². The molecule has 1 aliphatic rings. The summed E-state index contributed by atoms with van der Waals surface area (Å²) in [5.74, 6) is -0.649. The third kappa shape index (κ3) is 4.06. The number of para-hydroxylation sites is 1. The fourth-order valence-electron chi connectivity index (χ4n) is 3.32. The Balaban J connectivity index is 1.65. The van der Waals surface area contributed by atoms with Crippen LogP contribution in [0.3, 0.4) is 0 Å². The van der Waals surface area contributed by atoms with E-state index in [0.29, 0.717) is 30.5 Å². The van der Waals surface area contributed by atoms with Crippen molar-refractivity contribution in [1.82, 2.24) is 9.88 Å². The number of hydrogen-bond acceptors (Lipinski definition) is 5. The fraction of sp³-hybridized carbons (Fsp3) is 0.333. The maximum atomic E-state index is 13.7. The van der Waals surface area contributed by atoms with Crippen LogP contribution in [0.2, 0.25) is 0 Å². The van der Waals surface area contributed by atoms with E-state index in [1.54, 1.807) is 17.0 Å². The van der Waals surface area contributed by atoms with Gasteiger partial charge in [0.05, 0.1) is 23.4 Å². The Morgan fingerprint density at radius 1 is 1.25 bits per heavy atom. The highest BCUT2D eigenvalue weighted by atomic mass is 32.1. The lowest BCUT2D eigenvalue weighted by Gasteiger charge is -2.29. The van der Waals surface area contributed by atoms with Gasteiger partial charge in [0, 0.05) is 31.7 Å². The summed E-state index contributed by atoms with van der Waals surface area (Å²) in [4.78, 5) is 21.9. The molecule has 2 aromatic carbocycles. The predicted molar refractivity (Wildman–Crippen MR) is 110 cm³/mol. The second-order valence-electron chi connectivity index (χ2n) is 6.84. The van der Waals surface area contributed by atoms with Crippen molar-refractivity contribution >= 4 is 32.6 Å². The average Bonchev–Trinajstić information content (AvgIpc) is 3.14. The van der Waals surface area contributed by atoms with Crippen LogP contribution in [0.5, 0.6) is 0 Å². The highest BCUT2D eigenvalue weighted by Gasteiger charge is 2.23. The summed E-state index contributed by atoms with van der Waals surface area (Å²) in [5.41, 5.74) is 2.32. The highest BCUT2D eigenvalue weighted by Crippen LogP contribution is 2.31. The van der Waals surface area contributed by atoms with Gasteiger partial charge in [-0.25, -0.2) is 9.37 Å². The molecule has 7 heteroatoms. The minimum atomic E-state index is -0.417. The number of carbonyl (C=O) groups excluding carboxylic acids is 1. The van der Waals surface area contributed by atoms with Crippen LogP contribution in [0, 0.1) is 12.7 Å². The van der Waals surface area contributed by atoms with E-state index in [1.807, 2.05) is 25.1 Å². The van der Waals surface area contributed by atoms with Gasteiger partial charge in [-0.15, -0.1) is 0 Å². The van der Waals surface area contributed by atoms with E-state index in [2.05, 4.69) is 4.90 Å². The first kappa shape index (κ1) is 19.0. The fourth-order valence-corrected chi connectivity index (χ4v) is 4.39. The molecule has 1 aromatic heterocycles. The minimum absolute atomic E-state index is 0.232. The summed E-state index contributed by atoms with van der Waals surface area (Å²) in [7, 11) is 0. The van der Waals surface area contributed by atoms with Gasteiger partial charge in [-0.05, 0) is 36.8 Å².